The highest BCUT2D eigenvalue weighted by atomic mass is 32.2. The summed E-state index contributed by atoms with van der Waals surface area (Å²) >= 11 is 1.62. The molecule has 0 radical (unpaired) electrons. The van der Waals surface area contributed by atoms with Crippen LogP contribution in [0.3, 0.4) is 0 Å². The van der Waals surface area contributed by atoms with Crippen LogP contribution in [-0.4, -0.2) is 25.5 Å². The lowest BCUT2D eigenvalue weighted by atomic mass is 10.1. The second-order valence-electron chi connectivity index (χ2n) is 3.80. The molecule has 3 nitrogen and oxygen atoms in total. The van der Waals surface area contributed by atoms with E-state index >= 15 is 0 Å². The Bertz CT molecular complexity index is 432. The minimum atomic E-state index is -2.99. The molecule has 5 heteroatoms. The summed E-state index contributed by atoms with van der Waals surface area (Å²) in [6, 6.07) is 1.92. The van der Waals surface area contributed by atoms with E-state index in [2.05, 4.69) is 0 Å². The maximum absolute atomic E-state index is 10.9. The van der Waals surface area contributed by atoms with Crippen LogP contribution in [0.5, 0.6) is 0 Å². The van der Waals surface area contributed by atoms with Crippen molar-refractivity contribution in [2.45, 2.75) is 26.4 Å². The van der Waals surface area contributed by atoms with Crippen LogP contribution in [0, 0.1) is 13.8 Å². The van der Waals surface area contributed by atoms with Gasteiger partial charge >= 0.3 is 0 Å². The summed E-state index contributed by atoms with van der Waals surface area (Å²) in [6.45, 7) is 3.92. The van der Waals surface area contributed by atoms with Crippen LogP contribution in [-0.2, 0) is 9.84 Å². The van der Waals surface area contributed by atoms with Gasteiger partial charge in [-0.25, -0.2) is 8.42 Å². The van der Waals surface area contributed by atoms with Crippen molar-refractivity contribution in [2.24, 2.45) is 0 Å². The Morgan fingerprint density at radius 2 is 2.07 bits per heavy atom. The number of aliphatic hydroxyl groups is 1. The van der Waals surface area contributed by atoms with E-state index < -0.39 is 15.9 Å². The molecule has 0 saturated carbocycles. The van der Waals surface area contributed by atoms with Gasteiger partial charge in [0.2, 0.25) is 0 Å². The molecule has 0 bridgehead atoms. The first-order valence-electron chi connectivity index (χ1n) is 4.72. The molecule has 1 aromatic rings. The quantitative estimate of drug-likeness (QED) is 0.884. The summed E-state index contributed by atoms with van der Waals surface area (Å²) in [5, 5.41) is 9.82. The van der Waals surface area contributed by atoms with Gasteiger partial charge in [-0.05, 0) is 31.9 Å². The van der Waals surface area contributed by atoms with Crippen molar-refractivity contribution in [3.05, 3.63) is 21.4 Å². The first kappa shape index (κ1) is 12.7. The highest BCUT2D eigenvalue weighted by Gasteiger charge is 2.15. The van der Waals surface area contributed by atoms with E-state index in [0.717, 1.165) is 15.3 Å². The molecule has 1 heterocycles. The van der Waals surface area contributed by atoms with Crippen molar-refractivity contribution in [1.29, 1.82) is 0 Å². The molecule has 0 fully saturated rings. The standard InChI is InChI=1S/C10H16O3S2/c1-7-6-9(8(2)14-7)10(11)4-5-15(3,12)13/h6,10-11H,4-5H2,1-3H3. The van der Waals surface area contributed by atoms with E-state index in [4.69, 9.17) is 0 Å². The molecular formula is C10H16O3S2. The lowest BCUT2D eigenvalue weighted by Gasteiger charge is -2.09. The number of sulfone groups is 1. The Morgan fingerprint density at radius 3 is 2.47 bits per heavy atom. The average Bonchev–Trinajstić information content (AvgIpc) is 2.40. The fourth-order valence-corrected chi connectivity index (χ4v) is 3.10. The van der Waals surface area contributed by atoms with Crippen molar-refractivity contribution in [3.8, 4) is 0 Å². The molecule has 15 heavy (non-hydrogen) atoms. The average molecular weight is 248 g/mol. The fourth-order valence-electron chi connectivity index (χ4n) is 1.46. The number of thiophene rings is 1. The van der Waals surface area contributed by atoms with Gasteiger partial charge in [0.05, 0.1) is 11.9 Å². The number of hydrogen-bond donors (Lipinski definition) is 1. The molecule has 1 N–H and O–H groups in total. The van der Waals surface area contributed by atoms with E-state index in [1.54, 1.807) is 11.3 Å². The highest BCUT2D eigenvalue weighted by molar-refractivity contribution is 7.90. The van der Waals surface area contributed by atoms with E-state index in [0.29, 0.717) is 0 Å². The zero-order valence-electron chi connectivity index (χ0n) is 9.15. The Hall–Kier alpha value is -0.390. The van der Waals surface area contributed by atoms with E-state index in [9.17, 15) is 13.5 Å². The van der Waals surface area contributed by atoms with Crippen molar-refractivity contribution in [2.75, 3.05) is 12.0 Å². The molecule has 0 amide bonds. The Balaban J connectivity index is 2.69. The van der Waals surface area contributed by atoms with Crippen LogP contribution < -0.4 is 0 Å². The van der Waals surface area contributed by atoms with Crippen LogP contribution in [0.1, 0.15) is 27.8 Å². The van der Waals surface area contributed by atoms with Gasteiger partial charge in [0.1, 0.15) is 9.84 Å². The lowest BCUT2D eigenvalue weighted by molar-refractivity contribution is 0.174. The van der Waals surface area contributed by atoms with Crippen LogP contribution >= 0.6 is 11.3 Å². The second-order valence-corrected chi connectivity index (χ2v) is 7.52. The number of aryl methyl sites for hydroxylation is 2. The van der Waals surface area contributed by atoms with Crippen LogP contribution in [0.2, 0.25) is 0 Å². The molecule has 0 spiro atoms. The SMILES string of the molecule is Cc1cc(C(O)CCS(C)(=O)=O)c(C)s1. The van der Waals surface area contributed by atoms with Crippen molar-refractivity contribution in [3.63, 3.8) is 0 Å². The molecule has 1 aromatic heterocycles. The van der Waals surface area contributed by atoms with Gasteiger partial charge in [-0.2, -0.15) is 0 Å². The Labute approximate surface area is 94.7 Å². The third kappa shape index (κ3) is 3.93. The molecule has 0 aliphatic carbocycles. The van der Waals surface area contributed by atoms with Gasteiger partial charge in [0, 0.05) is 16.0 Å². The topological polar surface area (TPSA) is 54.4 Å². The minimum Gasteiger partial charge on any atom is -0.388 e. The zero-order chi connectivity index (χ0) is 11.6. The lowest BCUT2D eigenvalue weighted by Crippen LogP contribution is -2.08. The Kier molecular flexibility index (Phi) is 3.92. The van der Waals surface area contributed by atoms with Crippen LogP contribution in [0.25, 0.3) is 0 Å². The largest absolute Gasteiger partial charge is 0.388 e. The Morgan fingerprint density at radius 1 is 1.47 bits per heavy atom. The van der Waals surface area contributed by atoms with E-state index in [1.807, 2.05) is 19.9 Å². The predicted octanol–water partition coefficient (Wildman–Crippen LogP) is 1.83. The number of rotatable bonds is 4. The van der Waals surface area contributed by atoms with Gasteiger partial charge in [0.15, 0.2) is 0 Å². The molecule has 0 aliphatic rings. The summed E-state index contributed by atoms with van der Waals surface area (Å²) < 4.78 is 21.9. The van der Waals surface area contributed by atoms with Gasteiger partial charge in [-0.1, -0.05) is 0 Å². The maximum atomic E-state index is 10.9. The van der Waals surface area contributed by atoms with E-state index in [-0.39, 0.29) is 12.2 Å². The molecule has 0 aliphatic heterocycles. The summed E-state index contributed by atoms with van der Waals surface area (Å²) in [7, 11) is -2.99. The molecule has 1 unspecified atom stereocenters. The number of aliphatic hydroxyl groups excluding tert-OH is 1. The third-order valence-electron chi connectivity index (χ3n) is 2.20. The summed E-state index contributed by atoms with van der Waals surface area (Å²) in [4.78, 5) is 2.20. The van der Waals surface area contributed by atoms with Crippen molar-refractivity contribution >= 4 is 21.2 Å². The van der Waals surface area contributed by atoms with Crippen molar-refractivity contribution < 1.29 is 13.5 Å². The molecule has 1 atom stereocenters. The van der Waals surface area contributed by atoms with Crippen molar-refractivity contribution in [1.82, 2.24) is 0 Å². The monoisotopic (exact) mass is 248 g/mol. The smallest absolute Gasteiger partial charge is 0.147 e. The van der Waals surface area contributed by atoms with Gasteiger partial charge in [0.25, 0.3) is 0 Å². The van der Waals surface area contributed by atoms with E-state index in [1.165, 1.54) is 6.26 Å². The van der Waals surface area contributed by atoms with Crippen LogP contribution in [0.15, 0.2) is 6.07 Å². The highest BCUT2D eigenvalue weighted by Crippen LogP contribution is 2.28. The second kappa shape index (κ2) is 4.63. The maximum Gasteiger partial charge on any atom is 0.147 e. The minimum absolute atomic E-state index is 0.0303. The molecule has 0 saturated heterocycles. The summed E-state index contributed by atoms with van der Waals surface area (Å²) in [6.07, 6.45) is 0.797. The molecular weight excluding hydrogens is 232 g/mol. The molecule has 1 rings (SSSR count). The normalized spacial score (nSPS) is 14.1. The molecule has 0 aromatic carbocycles. The van der Waals surface area contributed by atoms with Crippen LogP contribution in [0.4, 0.5) is 0 Å². The summed E-state index contributed by atoms with van der Waals surface area (Å²) in [5.74, 6) is 0.0303. The van der Waals surface area contributed by atoms with Gasteiger partial charge in [-0.3, -0.25) is 0 Å². The first-order chi connectivity index (χ1) is 6.79. The fraction of sp³-hybridized carbons (Fsp3) is 0.600. The number of hydrogen-bond acceptors (Lipinski definition) is 4. The third-order valence-corrected chi connectivity index (χ3v) is 4.16. The van der Waals surface area contributed by atoms with Gasteiger partial charge < -0.3 is 5.11 Å². The predicted molar refractivity (Wildman–Crippen MR) is 63.1 cm³/mol. The first-order valence-corrected chi connectivity index (χ1v) is 7.60. The molecule has 86 valence electrons. The van der Waals surface area contributed by atoms with Gasteiger partial charge in [-0.15, -0.1) is 11.3 Å². The summed E-state index contributed by atoms with van der Waals surface area (Å²) in [5.41, 5.74) is 0.862. The zero-order valence-corrected chi connectivity index (χ0v) is 10.8.